The molecule has 0 radical (unpaired) electrons. The molecule has 1 unspecified atom stereocenters. The number of nitrogens with two attached hydrogens (primary N) is 1. The summed E-state index contributed by atoms with van der Waals surface area (Å²) < 4.78 is 2.13. The van der Waals surface area contributed by atoms with Crippen LogP contribution in [0.3, 0.4) is 0 Å². The maximum absolute atomic E-state index is 11.6. The average molecular weight is 297 g/mol. The van der Waals surface area contributed by atoms with Crippen molar-refractivity contribution < 1.29 is 4.79 Å². The van der Waals surface area contributed by atoms with E-state index in [0.717, 1.165) is 23.4 Å². The van der Waals surface area contributed by atoms with Crippen LogP contribution in [-0.4, -0.2) is 22.0 Å². The summed E-state index contributed by atoms with van der Waals surface area (Å²) in [5.74, 6) is 0.846. The van der Waals surface area contributed by atoms with Gasteiger partial charge in [0.1, 0.15) is 5.82 Å². The number of halogens is 1. The monoisotopic (exact) mass is 296 g/mol. The van der Waals surface area contributed by atoms with Gasteiger partial charge < -0.3 is 15.6 Å². The number of nitrogens with one attached hydrogen (secondary N) is 1. The molecule has 0 fully saturated rings. The van der Waals surface area contributed by atoms with Crippen LogP contribution in [0.25, 0.3) is 11.0 Å². The van der Waals surface area contributed by atoms with E-state index in [4.69, 9.17) is 5.73 Å². The lowest BCUT2D eigenvalue weighted by molar-refractivity contribution is -0.121. The van der Waals surface area contributed by atoms with Gasteiger partial charge in [0.2, 0.25) is 5.91 Å². The summed E-state index contributed by atoms with van der Waals surface area (Å²) in [5.41, 5.74) is 7.43. The van der Waals surface area contributed by atoms with Crippen molar-refractivity contribution in [2.24, 2.45) is 5.73 Å². The Labute approximate surface area is 125 Å². The van der Waals surface area contributed by atoms with Crippen molar-refractivity contribution in [1.29, 1.82) is 0 Å². The molecule has 1 atom stereocenters. The van der Waals surface area contributed by atoms with Crippen molar-refractivity contribution in [3.05, 3.63) is 30.1 Å². The first-order valence-corrected chi connectivity index (χ1v) is 6.62. The number of amides is 1. The first-order valence-electron chi connectivity index (χ1n) is 6.62. The highest BCUT2D eigenvalue weighted by molar-refractivity contribution is 5.85. The smallest absolute Gasteiger partial charge is 0.221 e. The maximum Gasteiger partial charge on any atom is 0.221 e. The summed E-state index contributed by atoms with van der Waals surface area (Å²) >= 11 is 0. The van der Waals surface area contributed by atoms with Crippen LogP contribution in [-0.2, 0) is 11.3 Å². The molecule has 1 aromatic heterocycles. The molecule has 0 aliphatic carbocycles. The third-order valence-corrected chi connectivity index (χ3v) is 3.14. The Hall–Kier alpha value is -1.59. The lowest BCUT2D eigenvalue weighted by atomic mass is 10.3. The Morgan fingerprint density at radius 3 is 2.80 bits per heavy atom. The zero-order chi connectivity index (χ0) is 13.8. The second-order valence-corrected chi connectivity index (χ2v) is 4.53. The molecule has 0 aliphatic rings. The molecule has 2 rings (SSSR count). The van der Waals surface area contributed by atoms with Gasteiger partial charge in [0.25, 0.3) is 0 Å². The van der Waals surface area contributed by atoms with E-state index in [1.54, 1.807) is 0 Å². The fourth-order valence-electron chi connectivity index (χ4n) is 2.27. The second kappa shape index (κ2) is 7.26. The number of hydrogen-bond donors (Lipinski definition) is 2. The fourth-order valence-corrected chi connectivity index (χ4v) is 2.27. The van der Waals surface area contributed by atoms with Gasteiger partial charge in [-0.15, -0.1) is 12.4 Å². The molecule has 1 amide bonds. The van der Waals surface area contributed by atoms with Crippen molar-refractivity contribution >= 4 is 29.3 Å². The summed E-state index contributed by atoms with van der Waals surface area (Å²) in [6, 6.07) is 7.88. The molecule has 3 N–H and O–H groups in total. The van der Waals surface area contributed by atoms with Gasteiger partial charge >= 0.3 is 0 Å². The van der Waals surface area contributed by atoms with Gasteiger partial charge in [0.15, 0.2) is 0 Å². The number of rotatable bonds is 5. The molecule has 20 heavy (non-hydrogen) atoms. The van der Waals surface area contributed by atoms with Gasteiger partial charge in [0, 0.05) is 19.5 Å². The summed E-state index contributed by atoms with van der Waals surface area (Å²) in [6.07, 6.45) is 0.344. The lowest BCUT2D eigenvalue weighted by Gasteiger charge is -2.15. The average Bonchev–Trinajstić information content (AvgIpc) is 2.77. The molecule has 0 bridgehead atoms. The Kier molecular flexibility index (Phi) is 5.98. The van der Waals surface area contributed by atoms with Gasteiger partial charge in [-0.1, -0.05) is 12.1 Å². The number of hydrogen-bond acceptors (Lipinski definition) is 3. The first kappa shape index (κ1) is 16.5. The van der Waals surface area contributed by atoms with E-state index in [-0.39, 0.29) is 24.4 Å². The molecule has 0 saturated carbocycles. The Bertz CT molecular complexity index is 582. The van der Waals surface area contributed by atoms with Crippen molar-refractivity contribution in [2.75, 3.05) is 6.54 Å². The van der Waals surface area contributed by atoms with Gasteiger partial charge in [-0.3, -0.25) is 4.79 Å². The Morgan fingerprint density at radius 1 is 1.45 bits per heavy atom. The van der Waals surface area contributed by atoms with E-state index in [9.17, 15) is 4.79 Å². The normalized spacial score (nSPS) is 11.9. The predicted octanol–water partition coefficient (Wildman–Crippen LogP) is 2.00. The summed E-state index contributed by atoms with van der Waals surface area (Å²) in [5, 5.41) is 2.93. The highest BCUT2D eigenvalue weighted by Gasteiger charge is 2.16. The number of aromatic nitrogens is 2. The molecule has 0 saturated heterocycles. The van der Waals surface area contributed by atoms with E-state index in [2.05, 4.69) is 21.8 Å². The molecule has 6 heteroatoms. The van der Waals surface area contributed by atoms with Crippen molar-refractivity contribution in [1.82, 2.24) is 14.9 Å². The molecule has 0 spiro atoms. The van der Waals surface area contributed by atoms with E-state index >= 15 is 0 Å². The van der Waals surface area contributed by atoms with Crippen molar-refractivity contribution in [3.8, 4) is 0 Å². The number of imidazole rings is 1. The molecule has 2 aromatic rings. The third kappa shape index (κ3) is 3.29. The Morgan fingerprint density at radius 2 is 2.15 bits per heavy atom. The van der Waals surface area contributed by atoms with Crippen molar-refractivity contribution in [2.45, 2.75) is 32.9 Å². The van der Waals surface area contributed by atoms with Crippen LogP contribution < -0.4 is 11.1 Å². The minimum atomic E-state index is -0.119. The van der Waals surface area contributed by atoms with Crippen LogP contribution in [0, 0.1) is 0 Å². The maximum atomic E-state index is 11.6. The van der Waals surface area contributed by atoms with Crippen LogP contribution in [0.1, 0.15) is 32.1 Å². The minimum absolute atomic E-state index is 0. The number of carbonyl (C=O) groups is 1. The number of benzene rings is 1. The Balaban J connectivity index is 0.00000200. The van der Waals surface area contributed by atoms with Gasteiger partial charge in [-0.2, -0.15) is 0 Å². The van der Waals surface area contributed by atoms with Crippen LogP contribution in [0.5, 0.6) is 0 Å². The van der Waals surface area contributed by atoms with Gasteiger partial charge in [0.05, 0.1) is 17.1 Å². The van der Waals surface area contributed by atoms with Crippen LogP contribution in [0.4, 0.5) is 0 Å². The molecule has 5 nitrogen and oxygen atoms in total. The number of aryl methyl sites for hydroxylation is 1. The molecular weight excluding hydrogens is 276 g/mol. The number of nitrogens with zero attached hydrogens (tertiary/aromatic N) is 2. The third-order valence-electron chi connectivity index (χ3n) is 3.14. The molecule has 1 aromatic carbocycles. The fraction of sp³-hybridized carbons (Fsp3) is 0.429. The molecular formula is C14H21ClN4O. The summed E-state index contributed by atoms with van der Waals surface area (Å²) in [7, 11) is 0. The van der Waals surface area contributed by atoms with E-state index in [1.165, 1.54) is 0 Å². The standard InChI is InChI=1S/C14H20N4O.ClH/c1-3-18-12-7-5-4-6-11(12)17-14(18)10(2)16-13(19)8-9-15;/h4-7,10H,3,8-9,15H2,1-2H3,(H,16,19);1H. The topological polar surface area (TPSA) is 72.9 Å². The van der Waals surface area contributed by atoms with E-state index in [1.807, 2.05) is 31.2 Å². The largest absolute Gasteiger partial charge is 0.346 e. The zero-order valence-corrected chi connectivity index (χ0v) is 12.6. The quantitative estimate of drug-likeness (QED) is 0.886. The predicted molar refractivity (Wildman–Crippen MR) is 82.9 cm³/mol. The summed E-state index contributed by atoms with van der Waals surface area (Å²) in [6.45, 7) is 5.21. The first-order chi connectivity index (χ1) is 9.17. The second-order valence-electron chi connectivity index (χ2n) is 4.53. The minimum Gasteiger partial charge on any atom is -0.346 e. The molecule has 0 aliphatic heterocycles. The highest BCUT2D eigenvalue weighted by Crippen LogP contribution is 2.20. The lowest BCUT2D eigenvalue weighted by Crippen LogP contribution is -2.30. The SMILES string of the molecule is CCn1c(C(C)NC(=O)CCN)nc2ccccc21.Cl. The van der Waals surface area contributed by atoms with Gasteiger partial charge in [-0.25, -0.2) is 4.98 Å². The van der Waals surface area contributed by atoms with Crippen LogP contribution in [0.2, 0.25) is 0 Å². The van der Waals surface area contributed by atoms with E-state index in [0.29, 0.717) is 13.0 Å². The van der Waals surface area contributed by atoms with Crippen molar-refractivity contribution in [3.63, 3.8) is 0 Å². The number of fused-ring (bicyclic) bond motifs is 1. The van der Waals surface area contributed by atoms with E-state index < -0.39 is 0 Å². The number of para-hydroxylation sites is 2. The highest BCUT2D eigenvalue weighted by atomic mass is 35.5. The molecule has 110 valence electrons. The van der Waals surface area contributed by atoms with Gasteiger partial charge in [-0.05, 0) is 26.0 Å². The van der Waals surface area contributed by atoms with Crippen LogP contribution in [0.15, 0.2) is 24.3 Å². The number of carbonyl (C=O) groups excluding carboxylic acids is 1. The van der Waals surface area contributed by atoms with Crippen LogP contribution >= 0.6 is 12.4 Å². The molecule has 1 heterocycles. The summed E-state index contributed by atoms with van der Waals surface area (Å²) in [4.78, 5) is 16.2. The zero-order valence-electron chi connectivity index (χ0n) is 11.8.